The summed E-state index contributed by atoms with van der Waals surface area (Å²) in [7, 11) is -3.74. The molecule has 30 heavy (non-hydrogen) atoms. The first kappa shape index (κ1) is 19.9. The fraction of sp³-hybridized carbons (Fsp3) is 0.435. The van der Waals surface area contributed by atoms with Gasteiger partial charge >= 0.3 is 0 Å². The number of carbonyl (C=O) groups is 1. The van der Waals surface area contributed by atoms with Crippen molar-refractivity contribution < 1.29 is 13.2 Å². The molecule has 5 nitrogen and oxygen atoms in total. The number of hydrogen-bond donors (Lipinski definition) is 2. The molecule has 4 bridgehead atoms. The summed E-state index contributed by atoms with van der Waals surface area (Å²) in [6.45, 7) is 0. The third kappa shape index (κ3) is 3.71. The molecule has 2 aromatic rings. The van der Waals surface area contributed by atoms with E-state index in [2.05, 4.69) is 10.0 Å². The number of sulfonamides is 1. The average molecular weight is 445 g/mol. The Morgan fingerprint density at radius 2 is 1.53 bits per heavy atom. The first-order chi connectivity index (χ1) is 14.3. The van der Waals surface area contributed by atoms with Gasteiger partial charge < -0.3 is 5.32 Å². The third-order valence-electron chi connectivity index (χ3n) is 6.93. The van der Waals surface area contributed by atoms with E-state index in [4.69, 9.17) is 11.6 Å². The predicted octanol–water partition coefficient (Wildman–Crippen LogP) is 4.84. The van der Waals surface area contributed by atoms with Gasteiger partial charge in [-0.3, -0.25) is 9.52 Å². The highest BCUT2D eigenvalue weighted by molar-refractivity contribution is 7.92. The second-order valence-corrected chi connectivity index (χ2v) is 11.4. The highest BCUT2D eigenvalue weighted by Crippen LogP contribution is 2.55. The van der Waals surface area contributed by atoms with Gasteiger partial charge in [0.05, 0.1) is 15.5 Å². The minimum absolute atomic E-state index is 0.130. The molecule has 2 aromatic carbocycles. The van der Waals surface area contributed by atoms with Gasteiger partial charge in [-0.15, -0.1) is 0 Å². The number of carbonyl (C=O) groups excluding carboxylic acids is 1. The van der Waals surface area contributed by atoms with Crippen molar-refractivity contribution in [2.45, 2.75) is 49.0 Å². The molecule has 1 amide bonds. The van der Waals surface area contributed by atoms with Crippen LogP contribution in [0.15, 0.2) is 53.4 Å². The molecule has 7 heteroatoms. The van der Waals surface area contributed by atoms with Gasteiger partial charge in [-0.25, -0.2) is 8.42 Å². The van der Waals surface area contributed by atoms with Crippen molar-refractivity contribution in [3.8, 4) is 0 Å². The van der Waals surface area contributed by atoms with Gasteiger partial charge in [0, 0.05) is 11.2 Å². The summed E-state index contributed by atoms with van der Waals surface area (Å²) >= 11 is 6.33. The lowest BCUT2D eigenvalue weighted by molar-refractivity contribution is -0.0166. The zero-order chi connectivity index (χ0) is 20.9. The predicted molar refractivity (Wildman–Crippen MR) is 117 cm³/mol. The van der Waals surface area contributed by atoms with Crippen LogP contribution in [0.2, 0.25) is 5.02 Å². The van der Waals surface area contributed by atoms with Crippen molar-refractivity contribution >= 4 is 33.2 Å². The van der Waals surface area contributed by atoms with E-state index in [1.54, 1.807) is 30.3 Å². The molecule has 4 aliphatic rings. The van der Waals surface area contributed by atoms with Gasteiger partial charge in [-0.2, -0.15) is 0 Å². The molecule has 4 saturated carbocycles. The maximum absolute atomic E-state index is 13.2. The number of rotatable bonds is 5. The molecule has 4 fully saturated rings. The van der Waals surface area contributed by atoms with Crippen LogP contribution in [0.4, 0.5) is 5.69 Å². The van der Waals surface area contributed by atoms with Crippen molar-refractivity contribution in [3.05, 3.63) is 59.1 Å². The van der Waals surface area contributed by atoms with E-state index in [-0.39, 0.29) is 16.3 Å². The molecule has 2 N–H and O–H groups in total. The molecule has 0 aromatic heterocycles. The van der Waals surface area contributed by atoms with E-state index in [0.29, 0.717) is 16.3 Å². The van der Waals surface area contributed by atoms with Crippen molar-refractivity contribution in [3.63, 3.8) is 0 Å². The largest absolute Gasteiger partial charge is 0.347 e. The van der Waals surface area contributed by atoms with E-state index >= 15 is 0 Å². The van der Waals surface area contributed by atoms with Crippen molar-refractivity contribution in [1.29, 1.82) is 0 Å². The number of hydrogen-bond acceptors (Lipinski definition) is 3. The molecule has 6 rings (SSSR count). The Kier molecular flexibility index (Phi) is 4.82. The standard InChI is InChI=1S/C23H25ClN2O3S/c24-21-7-6-18(26-30(28,29)19-4-2-1-3-5-19)11-20(21)22(27)25-23-12-15-8-16(13-23)10-17(9-15)14-23/h1-7,11,15-17,26H,8-10,12-14H2,(H,25,27). The Bertz CT molecular complexity index is 1050. The zero-order valence-electron chi connectivity index (χ0n) is 16.6. The van der Waals surface area contributed by atoms with Crippen molar-refractivity contribution in [2.75, 3.05) is 4.72 Å². The van der Waals surface area contributed by atoms with E-state index in [0.717, 1.165) is 37.0 Å². The first-order valence-electron chi connectivity index (χ1n) is 10.5. The second-order valence-electron chi connectivity index (χ2n) is 9.27. The minimum atomic E-state index is -3.74. The Morgan fingerprint density at radius 3 is 2.13 bits per heavy atom. The minimum Gasteiger partial charge on any atom is -0.347 e. The normalized spacial score (nSPS) is 29.6. The molecule has 0 spiro atoms. The van der Waals surface area contributed by atoms with Crippen molar-refractivity contribution in [2.24, 2.45) is 17.8 Å². The fourth-order valence-electron chi connectivity index (χ4n) is 6.15. The Hall–Kier alpha value is -2.05. The van der Waals surface area contributed by atoms with Crippen LogP contribution >= 0.6 is 11.6 Å². The maximum Gasteiger partial charge on any atom is 0.261 e. The Labute approximate surface area is 182 Å². The molecular formula is C23H25ClN2O3S. The topological polar surface area (TPSA) is 75.3 Å². The van der Waals surface area contributed by atoms with Crippen LogP contribution in [-0.2, 0) is 10.0 Å². The SMILES string of the molecule is O=C(NC12CC3CC(CC(C3)C1)C2)c1cc(NS(=O)(=O)c2ccccc2)ccc1Cl. The van der Waals surface area contributed by atoms with E-state index in [9.17, 15) is 13.2 Å². The monoisotopic (exact) mass is 444 g/mol. The molecule has 0 unspecified atom stereocenters. The number of halogens is 1. The lowest BCUT2D eigenvalue weighted by atomic mass is 9.53. The smallest absolute Gasteiger partial charge is 0.261 e. The molecule has 0 radical (unpaired) electrons. The number of anilines is 1. The molecule has 0 heterocycles. The number of benzene rings is 2. The zero-order valence-corrected chi connectivity index (χ0v) is 18.2. The summed E-state index contributed by atoms with van der Waals surface area (Å²) in [5.41, 5.74) is 0.494. The van der Waals surface area contributed by atoms with Gasteiger partial charge in [-0.1, -0.05) is 29.8 Å². The summed E-state index contributed by atoms with van der Waals surface area (Å²) in [6, 6.07) is 12.8. The lowest BCUT2D eigenvalue weighted by Crippen LogP contribution is -2.59. The molecular weight excluding hydrogens is 420 g/mol. The molecule has 158 valence electrons. The van der Waals surface area contributed by atoms with Crippen molar-refractivity contribution in [1.82, 2.24) is 5.32 Å². The van der Waals surface area contributed by atoms with Crippen LogP contribution in [0.5, 0.6) is 0 Å². The maximum atomic E-state index is 13.2. The van der Waals surface area contributed by atoms with Crippen LogP contribution in [0.1, 0.15) is 48.9 Å². The average Bonchev–Trinajstić information content (AvgIpc) is 2.68. The van der Waals surface area contributed by atoms with E-state index in [1.807, 2.05) is 0 Å². The fourth-order valence-corrected chi connectivity index (χ4v) is 7.42. The highest BCUT2D eigenvalue weighted by atomic mass is 35.5. The van der Waals surface area contributed by atoms with E-state index in [1.165, 1.54) is 37.5 Å². The quantitative estimate of drug-likeness (QED) is 0.692. The molecule has 0 saturated heterocycles. The molecule has 0 atom stereocenters. The Morgan fingerprint density at radius 1 is 0.933 bits per heavy atom. The second kappa shape index (κ2) is 7.27. The van der Waals surface area contributed by atoms with Crippen LogP contribution in [0.25, 0.3) is 0 Å². The summed E-state index contributed by atoms with van der Waals surface area (Å²) in [4.78, 5) is 13.3. The van der Waals surface area contributed by atoms with Crippen LogP contribution in [0, 0.1) is 17.8 Å². The Balaban J connectivity index is 1.37. The van der Waals surface area contributed by atoms with E-state index < -0.39 is 10.0 Å². The van der Waals surface area contributed by atoms with Gasteiger partial charge in [0.25, 0.3) is 15.9 Å². The summed E-state index contributed by atoms with van der Waals surface area (Å²) in [6.07, 6.45) is 7.03. The van der Waals surface area contributed by atoms with Gasteiger partial charge in [0.1, 0.15) is 0 Å². The number of nitrogens with one attached hydrogen (secondary N) is 2. The van der Waals surface area contributed by atoms with Gasteiger partial charge in [0.2, 0.25) is 0 Å². The molecule has 4 aliphatic carbocycles. The van der Waals surface area contributed by atoms with Gasteiger partial charge in [-0.05, 0) is 86.6 Å². The van der Waals surface area contributed by atoms with Crippen LogP contribution < -0.4 is 10.0 Å². The summed E-state index contributed by atoms with van der Waals surface area (Å²) in [5, 5.41) is 3.62. The van der Waals surface area contributed by atoms with Crippen LogP contribution in [-0.4, -0.2) is 19.9 Å². The van der Waals surface area contributed by atoms with Gasteiger partial charge in [0.15, 0.2) is 0 Å². The lowest BCUT2D eigenvalue weighted by Gasteiger charge is -2.56. The van der Waals surface area contributed by atoms with Crippen LogP contribution in [0.3, 0.4) is 0 Å². The number of amides is 1. The third-order valence-corrected chi connectivity index (χ3v) is 8.66. The summed E-state index contributed by atoms with van der Waals surface area (Å²) < 4.78 is 27.8. The highest BCUT2D eigenvalue weighted by Gasteiger charge is 2.51. The molecule has 0 aliphatic heterocycles. The summed E-state index contributed by atoms with van der Waals surface area (Å²) in [5.74, 6) is 1.94. The first-order valence-corrected chi connectivity index (χ1v) is 12.4.